The van der Waals surface area contributed by atoms with Crippen molar-refractivity contribution < 1.29 is 9.90 Å². The average molecular weight is 446 g/mol. The number of fused-ring (bicyclic) bond motifs is 5. The lowest BCUT2D eigenvalue weighted by Gasteiger charge is -2.57. The van der Waals surface area contributed by atoms with Crippen LogP contribution in [0.15, 0.2) is 48.2 Å². The molecule has 2 aromatic rings. The summed E-state index contributed by atoms with van der Waals surface area (Å²) in [5.74, 6) is 3.23. The summed E-state index contributed by atoms with van der Waals surface area (Å²) in [7, 11) is 0. The molecule has 0 spiro atoms. The number of aliphatic hydroxyl groups is 1. The van der Waals surface area contributed by atoms with Crippen LogP contribution in [0.3, 0.4) is 0 Å². The topological polar surface area (TPSA) is 68.0 Å². The van der Waals surface area contributed by atoms with E-state index in [0.717, 1.165) is 44.2 Å². The fraction of sp³-hybridized carbons (Fsp3) is 0.607. The van der Waals surface area contributed by atoms with Gasteiger partial charge in [0, 0.05) is 11.8 Å². The second kappa shape index (κ2) is 7.63. The molecule has 6 rings (SSSR count). The third-order valence-electron chi connectivity index (χ3n) is 9.94. The van der Waals surface area contributed by atoms with Crippen molar-refractivity contribution in [2.45, 2.75) is 70.9 Å². The highest BCUT2D eigenvalue weighted by molar-refractivity contribution is 5.91. The summed E-state index contributed by atoms with van der Waals surface area (Å²) in [6, 6.07) is 10.3. The minimum atomic E-state index is -0.921. The summed E-state index contributed by atoms with van der Waals surface area (Å²) in [4.78, 5) is 12.1. The maximum absolute atomic E-state index is 12.2. The van der Waals surface area contributed by atoms with E-state index >= 15 is 0 Å². The van der Waals surface area contributed by atoms with Gasteiger partial charge in [0.25, 0.3) is 0 Å². The number of allylic oxidation sites excluding steroid dienone is 1. The standard InChI is InChI=1S/C28H35N3O2/c1-18-14-20-15-21(32)8-9-22(20)23-10-12-27(2)24(26(18)23)11-13-28(27,33)25-17-31(30-29-25)16-19-6-4-3-5-7-19/h3-7,15,17-18,22-24,26,33H,8-14,16H2,1-2H3/t18-,22?,23?,24?,26?,27+,28-/m1/s1. The molecule has 7 atom stereocenters. The summed E-state index contributed by atoms with van der Waals surface area (Å²) in [6.07, 6.45) is 10.7. The van der Waals surface area contributed by atoms with Gasteiger partial charge in [-0.2, -0.15) is 0 Å². The fourth-order valence-corrected chi connectivity index (χ4v) is 8.36. The number of carbonyl (C=O) groups is 1. The van der Waals surface area contributed by atoms with Crippen LogP contribution in [0, 0.1) is 35.0 Å². The Morgan fingerprint density at radius 1 is 1.15 bits per heavy atom. The van der Waals surface area contributed by atoms with E-state index in [1.807, 2.05) is 35.2 Å². The van der Waals surface area contributed by atoms with Crippen LogP contribution < -0.4 is 0 Å². The minimum Gasteiger partial charge on any atom is -0.383 e. The Balaban J connectivity index is 1.28. The largest absolute Gasteiger partial charge is 0.383 e. The smallest absolute Gasteiger partial charge is 0.155 e. The van der Waals surface area contributed by atoms with E-state index in [0.29, 0.717) is 48.3 Å². The summed E-state index contributed by atoms with van der Waals surface area (Å²) in [5.41, 5.74) is 2.25. The molecule has 3 fully saturated rings. The molecule has 0 amide bonds. The van der Waals surface area contributed by atoms with E-state index in [-0.39, 0.29) is 5.41 Å². The molecule has 1 N–H and O–H groups in total. The van der Waals surface area contributed by atoms with Gasteiger partial charge in [0.1, 0.15) is 11.3 Å². The van der Waals surface area contributed by atoms with Gasteiger partial charge in [0.15, 0.2) is 5.78 Å². The predicted octanol–water partition coefficient (Wildman–Crippen LogP) is 4.90. The van der Waals surface area contributed by atoms with Gasteiger partial charge < -0.3 is 5.11 Å². The number of hydrogen-bond donors (Lipinski definition) is 1. The summed E-state index contributed by atoms with van der Waals surface area (Å²) in [6.45, 7) is 5.37. The number of rotatable bonds is 3. The van der Waals surface area contributed by atoms with Crippen molar-refractivity contribution >= 4 is 5.78 Å². The van der Waals surface area contributed by atoms with Crippen molar-refractivity contribution in [2.24, 2.45) is 35.0 Å². The zero-order valence-corrected chi connectivity index (χ0v) is 19.8. The van der Waals surface area contributed by atoms with Crippen LogP contribution in [-0.4, -0.2) is 25.9 Å². The van der Waals surface area contributed by atoms with E-state index in [4.69, 9.17) is 0 Å². The van der Waals surface area contributed by atoms with E-state index in [1.165, 1.54) is 11.1 Å². The van der Waals surface area contributed by atoms with Crippen molar-refractivity contribution in [2.75, 3.05) is 0 Å². The van der Waals surface area contributed by atoms with E-state index in [9.17, 15) is 9.90 Å². The van der Waals surface area contributed by atoms with Crippen molar-refractivity contribution in [3.8, 4) is 0 Å². The minimum absolute atomic E-state index is 0.179. The molecular weight excluding hydrogens is 410 g/mol. The highest BCUT2D eigenvalue weighted by Gasteiger charge is 2.64. The molecule has 0 aliphatic heterocycles. The molecule has 5 nitrogen and oxygen atoms in total. The number of benzene rings is 1. The molecule has 3 saturated carbocycles. The van der Waals surface area contributed by atoms with Crippen molar-refractivity contribution in [3.05, 3.63) is 59.4 Å². The molecule has 4 aliphatic rings. The van der Waals surface area contributed by atoms with Crippen LogP contribution in [0.2, 0.25) is 0 Å². The predicted molar refractivity (Wildman–Crippen MR) is 126 cm³/mol. The molecule has 0 saturated heterocycles. The molecule has 1 heterocycles. The van der Waals surface area contributed by atoms with Gasteiger partial charge in [-0.05, 0) is 79.8 Å². The highest BCUT2D eigenvalue weighted by atomic mass is 16.3. The lowest BCUT2D eigenvalue weighted by Crippen LogP contribution is -2.53. The summed E-state index contributed by atoms with van der Waals surface area (Å²) < 4.78 is 1.87. The molecule has 4 aliphatic carbocycles. The first kappa shape index (κ1) is 21.3. The second-order valence-electron chi connectivity index (χ2n) is 11.5. The second-order valence-corrected chi connectivity index (χ2v) is 11.5. The van der Waals surface area contributed by atoms with Crippen molar-refractivity contribution in [3.63, 3.8) is 0 Å². The first-order valence-corrected chi connectivity index (χ1v) is 12.8. The van der Waals surface area contributed by atoms with Gasteiger partial charge in [-0.3, -0.25) is 4.79 Å². The molecular formula is C28H35N3O2. The summed E-state index contributed by atoms with van der Waals surface area (Å²) >= 11 is 0. The van der Waals surface area contributed by atoms with Crippen LogP contribution in [0.4, 0.5) is 0 Å². The molecule has 0 bridgehead atoms. The van der Waals surface area contributed by atoms with Crippen molar-refractivity contribution in [1.82, 2.24) is 15.0 Å². The Hall–Kier alpha value is -2.27. The maximum Gasteiger partial charge on any atom is 0.155 e. The van der Waals surface area contributed by atoms with Crippen LogP contribution in [0.1, 0.15) is 70.1 Å². The number of carbonyl (C=O) groups excluding carboxylic acids is 1. The Morgan fingerprint density at radius 3 is 2.79 bits per heavy atom. The first-order valence-electron chi connectivity index (χ1n) is 12.8. The monoisotopic (exact) mass is 445 g/mol. The molecule has 0 radical (unpaired) electrons. The first-order chi connectivity index (χ1) is 15.9. The van der Waals surface area contributed by atoms with Gasteiger partial charge in [0.2, 0.25) is 0 Å². The third-order valence-corrected chi connectivity index (χ3v) is 9.94. The molecule has 33 heavy (non-hydrogen) atoms. The SMILES string of the molecule is C[C@@H]1CC2=CC(=O)CCC2C2CC[C@@]3(C)C(CC[C@@]3(O)c3cn(Cc4ccccc4)nn3)C21. The van der Waals surface area contributed by atoms with Crippen LogP contribution in [0.25, 0.3) is 0 Å². The lowest BCUT2D eigenvalue weighted by atomic mass is 9.48. The molecule has 174 valence electrons. The highest BCUT2D eigenvalue weighted by Crippen LogP contribution is 2.68. The van der Waals surface area contributed by atoms with E-state index < -0.39 is 5.60 Å². The van der Waals surface area contributed by atoms with E-state index in [2.05, 4.69) is 36.3 Å². The number of aromatic nitrogens is 3. The summed E-state index contributed by atoms with van der Waals surface area (Å²) in [5, 5.41) is 21.1. The molecule has 5 heteroatoms. The molecule has 1 aromatic heterocycles. The number of hydrogen-bond acceptors (Lipinski definition) is 4. The normalized spacial score (nSPS) is 40.0. The fourth-order valence-electron chi connectivity index (χ4n) is 8.36. The van der Waals surface area contributed by atoms with Gasteiger partial charge in [-0.1, -0.05) is 55.0 Å². The molecule has 4 unspecified atom stereocenters. The van der Waals surface area contributed by atoms with Crippen LogP contribution in [0.5, 0.6) is 0 Å². The lowest BCUT2D eigenvalue weighted by molar-refractivity contribution is -0.134. The zero-order chi connectivity index (χ0) is 22.8. The zero-order valence-electron chi connectivity index (χ0n) is 19.8. The number of ketones is 1. The maximum atomic E-state index is 12.2. The molecule has 1 aromatic carbocycles. The Kier molecular flexibility index (Phi) is 4.92. The van der Waals surface area contributed by atoms with Gasteiger partial charge in [-0.15, -0.1) is 5.10 Å². The van der Waals surface area contributed by atoms with Gasteiger partial charge >= 0.3 is 0 Å². The van der Waals surface area contributed by atoms with Crippen LogP contribution in [-0.2, 0) is 16.9 Å². The Labute approximate surface area is 196 Å². The van der Waals surface area contributed by atoms with E-state index in [1.54, 1.807) is 0 Å². The van der Waals surface area contributed by atoms with Gasteiger partial charge in [-0.25, -0.2) is 4.68 Å². The third kappa shape index (κ3) is 3.18. The van der Waals surface area contributed by atoms with Crippen LogP contribution >= 0.6 is 0 Å². The Bertz CT molecular complexity index is 1090. The van der Waals surface area contributed by atoms with Gasteiger partial charge in [0.05, 0.1) is 12.7 Å². The number of nitrogens with zero attached hydrogens (tertiary/aromatic N) is 3. The Morgan fingerprint density at radius 2 is 1.97 bits per heavy atom. The quantitative estimate of drug-likeness (QED) is 0.730. The average Bonchev–Trinajstić information content (AvgIpc) is 3.37. The van der Waals surface area contributed by atoms with Crippen molar-refractivity contribution in [1.29, 1.82) is 0 Å².